The summed E-state index contributed by atoms with van der Waals surface area (Å²) in [6.07, 6.45) is 1.92. The number of thioether (sulfide) groups is 2. The first-order chi connectivity index (χ1) is 6.56. The summed E-state index contributed by atoms with van der Waals surface area (Å²) >= 11 is 2.77. The molecule has 0 unspecified atom stereocenters. The summed E-state index contributed by atoms with van der Waals surface area (Å²) in [5.41, 5.74) is 0. The normalized spacial score (nSPS) is 14.6. The molecule has 0 saturated carbocycles. The molecule has 0 amide bonds. The molecule has 3 N–H and O–H groups in total. The molecule has 6 heteroatoms. The highest BCUT2D eigenvalue weighted by atomic mass is 32.2. The fourth-order valence-corrected chi connectivity index (χ4v) is 1.83. The van der Waals surface area contributed by atoms with Gasteiger partial charge in [0.1, 0.15) is 12.2 Å². The third kappa shape index (κ3) is 4.47. The molecule has 0 aliphatic rings. The average molecular weight is 238 g/mol. The number of carbonyl (C=O) groups excluding carboxylic acids is 1. The highest BCUT2D eigenvalue weighted by Gasteiger charge is 2.21. The van der Waals surface area contributed by atoms with E-state index in [9.17, 15) is 9.90 Å². The first-order valence-corrected chi connectivity index (χ1v) is 6.32. The van der Waals surface area contributed by atoms with Crippen LogP contribution >= 0.6 is 23.5 Å². The van der Waals surface area contributed by atoms with Crippen LogP contribution in [0.3, 0.4) is 0 Å². The number of rotatable bonds is 6. The maximum Gasteiger partial charge on any atom is 0.188 e. The van der Waals surface area contributed by atoms with Gasteiger partial charge in [-0.15, -0.1) is 23.5 Å². The Hall–Kier alpha value is -0.0100. The number of aliphatic hydroxyl groups excluding tert-OH is 3. The minimum absolute atomic E-state index is 0.592. The summed E-state index contributed by atoms with van der Waals surface area (Å²) in [7, 11) is 0. The lowest BCUT2D eigenvalue weighted by Crippen LogP contribution is -2.35. The lowest BCUT2D eigenvalue weighted by Gasteiger charge is -2.12. The lowest BCUT2D eigenvalue weighted by atomic mass is 10.1. The van der Waals surface area contributed by atoms with Crippen molar-refractivity contribution in [2.75, 3.05) is 19.1 Å². The quantitative estimate of drug-likeness (QED) is 0.558. The van der Waals surface area contributed by atoms with E-state index in [0.29, 0.717) is 0 Å². The molecule has 0 radical (unpaired) electrons. The highest BCUT2D eigenvalue weighted by molar-refractivity contribution is 8.21. The molecule has 0 fully saturated rings. The average Bonchev–Trinajstić information content (AvgIpc) is 2.23. The minimum atomic E-state index is -1.55. The molecule has 4 nitrogen and oxygen atoms in total. The number of carbonyl (C=O) groups is 1. The van der Waals surface area contributed by atoms with Crippen molar-refractivity contribution in [3.63, 3.8) is 0 Å². The van der Waals surface area contributed by atoms with Crippen LogP contribution in [0.5, 0.6) is 0 Å². The van der Waals surface area contributed by atoms with Crippen LogP contribution in [0.15, 0.2) is 10.3 Å². The summed E-state index contributed by atoms with van der Waals surface area (Å²) in [6, 6.07) is 0. The van der Waals surface area contributed by atoms with Crippen LogP contribution in [-0.4, -0.2) is 52.4 Å². The van der Waals surface area contributed by atoms with Crippen molar-refractivity contribution in [2.45, 2.75) is 12.2 Å². The first kappa shape index (κ1) is 14.0. The van der Waals surface area contributed by atoms with Crippen molar-refractivity contribution in [1.29, 1.82) is 0 Å². The van der Waals surface area contributed by atoms with E-state index in [0.717, 1.165) is 4.24 Å². The van der Waals surface area contributed by atoms with E-state index in [1.807, 2.05) is 12.5 Å². The van der Waals surface area contributed by atoms with Gasteiger partial charge in [-0.05, 0) is 12.5 Å². The molecule has 0 aromatic carbocycles. The first-order valence-electron chi connectivity index (χ1n) is 3.87. The molecule has 0 bridgehead atoms. The standard InChI is InChI=1S/C8H14O4S2/c1-13-7(14-2)3-5(10)8(12)6(11)4-9/h3,6,8-9,11-12H,4H2,1-2H3/t6-,8+/m1/s1. The Bertz CT molecular complexity index is 211. The van der Waals surface area contributed by atoms with E-state index in [4.69, 9.17) is 10.2 Å². The summed E-state index contributed by atoms with van der Waals surface area (Å²) in [4.78, 5) is 11.2. The molecule has 0 rings (SSSR count). The maximum absolute atomic E-state index is 11.2. The molecular weight excluding hydrogens is 224 g/mol. The second-order valence-electron chi connectivity index (χ2n) is 2.47. The Balaban J connectivity index is 4.39. The van der Waals surface area contributed by atoms with Crippen LogP contribution in [-0.2, 0) is 4.79 Å². The Morgan fingerprint density at radius 1 is 1.36 bits per heavy atom. The molecule has 0 aliphatic heterocycles. The Morgan fingerprint density at radius 2 is 1.86 bits per heavy atom. The van der Waals surface area contributed by atoms with E-state index in [2.05, 4.69) is 0 Å². The predicted molar refractivity (Wildman–Crippen MR) is 59.2 cm³/mol. The van der Waals surface area contributed by atoms with Gasteiger partial charge < -0.3 is 15.3 Å². The second kappa shape index (κ2) is 7.30. The van der Waals surface area contributed by atoms with Crippen molar-refractivity contribution in [3.8, 4) is 0 Å². The third-order valence-corrected chi connectivity index (χ3v) is 3.55. The van der Waals surface area contributed by atoms with Gasteiger partial charge in [0.15, 0.2) is 5.78 Å². The van der Waals surface area contributed by atoms with Crippen LogP contribution in [0.25, 0.3) is 0 Å². The van der Waals surface area contributed by atoms with Gasteiger partial charge in [-0.1, -0.05) is 0 Å². The van der Waals surface area contributed by atoms with E-state index in [-0.39, 0.29) is 0 Å². The second-order valence-corrected chi connectivity index (χ2v) is 4.42. The molecule has 82 valence electrons. The Morgan fingerprint density at radius 3 is 2.21 bits per heavy atom. The van der Waals surface area contributed by atoms with E-state index < -0.39 is 24.6 Å². The Labute approximate surface area is 91.4 Å². The zero-order valence-corrected chi connectivity index (χ0v) is 9.64. The van der Waals surface area contributed by atoms with Crippen molar-refractivity contribution in [2.24, 2.45) is 0 Å². The van der Waals surface area contributed by atoms with E-state index in [1.165, 1.54) is 29.6 Å². The van der Waals surface area contributed by atoms with Gasteiger partial charge in [-0.3, -0.25) is 4.79 Å². The summed E-state index contributed by atoms with van der Waals surface area (Å²) in [5, 5.41) is 26.7. The van der Waals surface area contributed by atoms with Crippen molar-refractivity contribution in [3.05, 3.63) is 10.3 Å². The van der Waals surface area contributed by atoms with Crippen molar-refractivity contribution >= 4 is 29.3 Å². The van der Waals surface area contributed by atoms with Gasteiger partial charge in [-0.2, -0.15) is 0 Å². The van der Waals surface area contributed by atoms with Gasteiger partial charge in [0.2, 0.25) is 0 Å². The molecule has 0 heterocycles. The fourth-order valence-electron chi connectivity index (χ4n) is 0.692. The van der Waals surface area contributed by atoms with Crippen LogP contribution in [0.4, 0.5) is 0 Å². The molecule has 0 aromatic rings. The summed E-state index contributed by atoms with van der Waals surface area (Å²) in [6.45, 7) is -0.630. The molecule has 0 spiro atoms. The largest absolute Gasteiger partial charge is 0.394 e. The lowest BCUT2D eigenvalue weighted by molar-refractivity contribution is -0.129. The fraction of sp³-hybridized carbons (Fsp3) is 0.625. The summed E-state index contributed by atoms with van der Waals surface area (Å²) < 4.78 is 0.749. The van der Waals surface area contributed by atoms with Gasteiger partial charge in [0, 0.05) is 10.3 Å². The zero-order valence-electron chi connectivity index (χ0n) is 8.01. The van der Waals surface area contributed by atoms with E-state index in [1.54, 1.807) is 0 Å². The van der Waals surface area contributed by atoms with Gasteiger partial charge in [-0.25, -0.2) is 0 Å². The van der Waals surface area contributed by atoms with Crippen LogP contribution in [0.2, 0.25) is 0 Å². The number of aliphatic hydroxyl groups is 3. The number of hydrogen-bond donors (Lipinski definition) is 3. The SMILES string of the molecule is CSC(=CC(=O)[C@H](O)[C@H](O)CO)SC. The van der Waals surface area contributed by atoms with E-state index >= 15 is 0 Å². The number of hydrogen-bond acceptors (Lipinski definition) is 6. The van der Waals surface area contributed by atoms with Crippen LogP contribution in [0, 0.1) is 0 Å². The van der Waals surface area contributed by atoms with Crippen molar-refractivity contribution < 1.29 is 20.1 Å². The smallest absolute Gasteiger partial charge is 0.188 e. The molecule has 14 heavy (non-hydrogen) atoms. The molecule has 0 aromatic heterocycles. The summed E-state index contributed by atoms with van der Waals surface area (Å²) in [5.74, 6) is -0.592. The van der Waals surface area contributed by atoms with Gasteiger partial charge >= 0.3 is 0 Å². The zero-order chi connectivity index (χ0) is 11.1. The predicted octanol–water partition coefficient (Wildman–Crippen LogP) is -0.163. The molecular formula is C8H14O4S2. The van der Waals surface area contributed by atoms with Crippen molar-refractivity contribution in [1.82, 2.24) is 0 Å². The highest BCUT2D eigenvalue weighted by Crippen LogP contribution is 2.23. The topological polar surface area (TPSA) is 77.8 Å². The minimum Gasteiger partial charge on any atom is -0.394 e. The van der Waals surface area contributed by atoms with Crippen LogP contribution < -0.4 is 0 Å². The van der Waals surface area contributed by atoms with Gasteiger partial charge in [0.25, 0.3) is 0 Å². The third-order valence-electron chi connectivity index (χ3n) is 1.51. The number of ketones is 1. The Kier molecular flexibility index (Phi) is 7.30. The molecule has 2 atom stereocenters. The monoisotopic (exact) mass is 238 g/mol. The molecule has 0 saturated heterocycles. The van der Waals surface area contributed by atoms with Gasteiger partial charge in [0.05, 0.1) is 6.61 Å². The molecule has 0 aliphatic carbocycles. The van der Waals surface area contributed by atoms with Crippen LogP contribution in [0.1, 0.15) is 0 Å². The maximum atomic E-state index is 11.2.